The lowest BCUT2D eigenvalue weighted by Gasteiger charge is -2.43. The molecule has 0 bridgehead atoms. The van der Waals surface area contributed by atoms with Crippen molar-refractivity contribution in [3.05, 3.63) is 47.8 Å². The zero-order chi connectivity index (χ0) is 24.0. The molecule has 2 aromatic heterocycles. The highest BCUT2D eigenvalue weighted by molar-refractivity contribution is 6.02. The van der Waals surface area contributed by atoms with Gasteiger partial charge in [0.1, 0.15) is 28.1 Å². The van der Waals surface area contributed by atoms with Gasteiger partial charge >= 0.3 is 6.61 Å². The molecule has 5 rings (SSSR count). The minimum atomic E-state index is -3.08. The van der Waals surface area contributed by atoms with Gasteiger partial charge in [0, 0.05) is 31.3 Å². The Morgan fingerprint density at radius 3 is 2.65 bits per heavy atom. The second kappa shape index (κ2) is 8.37. The summed E-state index contributed by atoms with van der Waals surface area (Å²) < 4.78 is 38.5. The second-order valence-corrected chi connectivity index (χ2v) is 9.15. The number of hydrogen-bond donors (Lipinski definition) is 0. The number of ketones is 1. The Kier molecular flexibility index (Phi) is 5.48. The van der Waals surface area contributed by atoms with E-state index in [9.17, 15) is 18.8 Å². The van der Waals surface area contributed by atoms with Crippen LogP contribution in [0.1, 0.15) is 35.2 Å². The number of carbonyl (C=O) groups is 1. The normalized spacial score (nSPS) is 17.4. The maximum Gasteiger partial charge on any atom is 0.387 e. The zero-order valence-corrected chi connectivity index (χ0v) is 18.9. The first-order chi connectivity index (χ1) is 16.3. The first-order valence-corrected chi connectivity index (χ1v) is 11.1. The molecule has 0 radical (unpaired) electrons. The molecule has 7 nitrogen and oxygen atoms in total. The highest BCUT2D eigenvalue weighted by Crippen LogP contribution is 2.41. The van der Waals surface area contributed by atoms with E-state index in [2.05, 4.69) is 16.0 Å². The van der Waals surface area contributed by atoms with Crippen molar-refractivity contribution in [3.8, 4) is 28.8 Å². The molecule has 176 valence electrons. The second-order valence-electron chi connectivity index (χ2n) is 9.15. The molecule has 0 spiro atoms. The molecule has 2 aliphatic rings. The van der Waals surface area contributed by atoms with E-state index >= 15 is 0 Å². The van der Waals surface area contributed by atoms with Gasteiger partial charge in [0.05, 0.1) is 25.1 Å². The van der Waals surface area contributed by atoms with Gasteiger partial charge in [-0.2, -0.15) is 14.0 Å². The molecule has 34 heavy (non-hydrogen) atoms. The quantitative estimate of drug-likeness (QED) is 0.461. The van der Waals surface area contributed by atoms with Gasteiger partial charge < -0.3 is 14.4 Å². The van der Waals surface area contributed by atoms with Gasteiger partial charge in [-0.25, -0.2) is 4.98 Å². The van der Waals surface area contributed by atoms with Crippen molar-refractivity contribution in [2.45, 2.75) is 31.3 Å². The summed E-state index contributed by atoms with van der Waals surface area (Å²) in [7, 11) is 3.37. The third-order valence-corrected chi connectivity index (χ3v) is 6.61. The maximum atomic E-state index is 13.2. The summed E-state index contributed by atoms with van der Waals surface area (Å²) in [5.41, 5.74) is 2.14. The smallest absolute Gasteiger partial charge is 0.387 e. The largest absolute Gasteiger partial charge is 0.496 e. The molecular weight excluding hydrogens is 442 g/mol. The third-order valence-electron chi connectivity index (χ3n) is 6.61. The standard InChI is InChI=1S/C25H24F2N4O3/c1-30-13-25(12-28,14-30)17-5-6-31-18(11-29-22(31)10-17)16-8-20(33-2)23(19(32)7-15-3-4-15)21(9-16)34-24(26)27/h5-6,8-11,15,24H,3-4,7,13-14H2,1-2H3. The van der Waals surface area contributed by atoms with Crippen LogP contribution in [0.15, 0.2) is 36.7 Å². The van der Waals surface area contributed by atoms with Crippen LogP contribution in [-0.4, -0.2) is 53.9 Å². The summed E-state index contributed by atoms with van der Waals surface area (Å²) in [6, 6.07) is 9.27. The number of pyridine rings is 1. The number of nitriles is 1. The van der Waals surface area contributed by atoms with E-state index in [4.69, 9.17) is 9.47 Å². The molecule has 1 saturated heterocycles. The first-order valence-electron chi connectivity index (χ1n) is 11.1. The number of rotatable bonds is 8. The van der Waals surface area contributed by atoms with E-state index < -0.39 is 12.0 Å². The van der Waals surface area contributed by atoms with Crippen LogP contribution in [0.3, 0.4) is 0 Å². The van der Waals surface area contributed by atoms with Gasteiger partial charge in [-0.15, -0.1) is 0 Å². The van der Waals surface area contributed by atoms with Crippen molar-refractivity contribution in [1.29, 1.82) is 5.26 Å². The summed E-state index contributed by atoms with van der Waals surface area (Å²) in [6.07, 6.45) is 5.65. The Balaban J connectivity index is 1.57. The molecule has 1 aromatic carbocycles. The number of hydrogen-bond acceptors (Lipinski definition) is 6. The van der Waals surface area contributed by atoms with E-state index in [0.29, 0.717) is 30.0 Å². The van der Waals surface area contributed by atoms with E-state index in [1.807, 2.05) is 29.8 Å². The van der Waals surface area contributed by atoms with Gasteiger partial charge in [0.25, 0.3) is 0 Å². The van der Waals surface area contributed by atoms with Crippen LogP contribution < -0.4 is 9.47 Å². The van der Waals surface area contributed by atoms with Crippen LogP contribution in [0.4, 0.5) is 8.78 Å². The summed E-state index contributed by atoms with van der Waals surface area (Å²) in [4.78, 5) is 19.4. The van der Waals surface area contributed by atoms with Crippen LogP contribution in [0.5, 0.6) is 11.5 Å². The van der Waals surface area contributed by atoms with Crippen LogP contribution in [0.25, 0.3) is 16.9 Å². The van der Waals surface area contributed by atoms with Crippen molar-refractivity contribution < 1.29 is 23.0 Å². The number of likely N-dealkylation sites (N-methyl/N-ethyl adjacent to an activating group) is 1. The molecule has 3 heterocycles. The fourth-order valence-corrected chi connectivity index (χ4v) is 4.73. The Hall–Kier alpha value is -3.51. The Morgan fingerprint density at radius 2 is 2.03 bits per heavy atom. The van der Waals surface area contributed by atoms with E-state index in [-0.39, 0.29) is 35.2 Å². The van der Waals surface area contributed by atoms with Crippen LogP contribution >= 0.6 is 0 Å². The Morgan fingerprint density at radius 1 is 1.29 bits per heavy atom. The maximum absolute atomic E-state index is 13.2. The topological polar surface area (TPSA) is 79.9 Å². The van der Waals surface area contributed by atoms with Crippen LogP contribution in [-0.2, 0) is 5.41 Å². The number of carbonyl (C=O) groups excluding carboxylic acids is 1. The first kappa shape index (κ1) is 22.3. The van der Waals surface area contributed by atoms with E-state index in [1.54, 1.807) is 12.3 Å². The van der Waals surface area contributed by atoms with Gasteiger partial charge in [-0.3, -0.25) is 9.20 Å². The molecule has 9 heteroatoms. The number of benzene rings is 1. The number of alkyl halides is 2. The summed E-state index contributed by atoms with van der Waals surface area (Å²) in [5, 5.41) is 9.73. The fraction of sp³-hybridized carbons (Fsp3) is 0.400. The SMILES string of the molecule is COc1cc(-c2cnc3cc(C4(C#N)CN(C)C4)ccn23)cc(OC(F)F)c1C(=O)CC1CC1. The number of aromatic nitrogens is 2. The molecule has 0 atom stereocenters. The minimum absolute atomic E-state index is 0.0413. The third kappa shape index (κ3) is 3.88. The predicted octanol–water partition coefficient (Wildman–Crippen LogP) is 4.30. The van der Waals surface area contributed by atoms with Gasteiger partial charge in [0.15, 0.2) is 5.78 Å². The average molecular weight is 466 g/mol. The molecule has 1 aliphatic carbocycles. The van der Waals surface area contributed by atoms with E-state index in [0.717, 1.165) is 18.4 Å². The highest BCUT2D eigenvalue weighted by Gasteiger charge is 2.43. The highest BCUT2D eigenvalue weighted by atomic mass is 19.3. The van der Waals surface area contributed by atoms with Crippen LogP contribution in [0.2, 0.25) is 0 Å². The van der Waals surface area contributed by atoms with Crippen molar-refractivity contribution in [3.63, 3.8) is 0 Å². The summed E-state index contributed by atoms with van der Waals surface area (Å²) in [5.74, 6) is 0.00169. The summed E-state index contributed by atoms with van der Waals surface area (Å²) >= 11 is 0. The molecule has 0 unspecified atom stereocenters. The van der Waals surface area contributed by atoms with Crippen LogP contribution in [0, 0.1) is 17.2 Å². The van der Waals surface area contributed by atoms with Crippen molar-refractivity contribution >= 4 is 11.4 Å². The van der Waals surface area contributed by atoms with Gasteiger partial charge in [-0.1, -0.05) is 0 Å². The fourth-order valence-electron chi connectivity index (χ4n) is 4.73. The zero-order valence-electron chi connectivity index (χ0n) is 18.9. The summed E-state index contributed by atoms with van der Waals surface area (Å²) in [6.45, 7) is -1.79. The number of halogens is 2. The molecule has 1 saturated carbocycles. The number of nitrogens with zero attached hydrogens (tertiary/aromatic N) is 4. The average Bonchev–Trinajstić information content (AvgIpc) is 3.50. The molecule has 0 amide bonds. The Bertz CT molecular complexity index is 1300. The van der Waals surface area contributed by atoms with Gasteiger partial charge in [-0.05, 0) is 55.6 Å². The van der Waals surface area contributed by atoms with Crippen molar-refractivity contribution in [2.75, 3.05) is 27.2 Å². The molecular formula is C25H24F2N4O3. The number of Topliss-reactive ketones (excluding diaryl/α,β-unsaturated/α-hetero) is 1. The van der Waals surface area contributed by atoms with E-state index in [1.165, 1.54) is 13.2 Å². The molecule has 1 aliphatic heterocycles. The van der Waals surface area contributed by atoms with Crippen molar-refractivity contribution in [1.82, 2.24) is 14.3 Å². The molecule has 2 fully saturated rings. The van der Waals surface area contributed by atoms with Crippen molar-refractivity contribution in [2.24, 2.45) is 5.92 Å². The van der Waals surface area contributed by atoms with Gasteiger partial charge in [0.2, 0.25) is 0 Å². The number of ether oxygens (including phenoxy) is 2. The number of imidazole rings is 1. The monoisotopic (exact) mass is 466 g/mol. The molecule has 0 N–H and O–H groups in total. The predicted molar refractivity (Wildman–Crippen MR) is 120 cm³/mol. The number of likely N-dealkylation sites (tertiary alicyclic amines) is 1. The minimum Gasteiger partial charge on any atom is -0.496 e. The number of methoxy groups -OCH3 is 1. The number of fused-ring (bicyclic) bond motifs is 1. The molecule has 3 aromatic rings. The lowest BCUT2D eigenvalue weighted by atomic mass is 9.76. The lowest BCUT2D eigenvalue weighted by Crippen LogP contribution is -2.56. The lowest BCUT2D eigenvalue weighted by molar-refractivity contribution is -0.0502. The Labute approximate surface area is 195 Å².